The van der Waals surface area contributed by atoms with Crippen LogP contribution in [0.15, 0.2) is 18.2 Å². The highest BCUT2D eigenvalue weighted by Gasteiger charge is 2.24. The lowest BCUT2D eigenvalue weighted by molar-refractivity contribution is -0.00544. The molecule has 1 aromatic carbocycles. The maximum atomic E-state index is 12.6. The third-order valence-electron chi connectivity index (χ3n) is 2.21. The summed E-state index contributed by atoms with van der Waals surface area (Å²) in [5.74, 6) is 0. The number of nitrogens with one attached hydrogen (secondary N) is 1. The molecule has 0 saturated carbocycles. The van der Waals surface area contributed by atoms with E-state index in [9.17, 15) is 18.7 Å². The van der Waals surface area contributed by atoms with E-state index >= 15 is 0 Å². The van der Waals surface area contributed by atoms with Gasteiger partial charge >= 0.3 is 6.09 Å². The minimum atomic E-state index is -2.99. The van der Waals surface area contributed by atoms with Gasteiger partial charge < -0.3 is 9.84 Å². The second-order valence-electron chi connectivity index (χ2n) is 5.14. The summed E-state index contributed by atoms with van der Waals surface area (Å²) in [4.78, 5) is 11.6. The van der Waals surface area contributed by atoms with Crippen LogP contribution in [0.2, 0.25) is 5.02 Å². The van der Waals surface area contributed by atoms with Gasteiger partial charge in [-0.15, -0.1) is 0 Å². The molecule has 1 atom stereocenters. The van der Waals surface area contributed by atoms with Gasteiger partial charge in [0, 0.05) is 10.6 Å². The van der Waals surface area contributed by atoms with E-state index in [4.69, 9.17) is 16.3 Å². The first-order valence-electron chi connectivity index (χ1n) is 5.86. The van der Waals surface area contributed by atoms with Gasteiger partial charge in [-0.2, -0.15) is 0 Å². The minimum absolute atomic E-state index is 0.0245. The molecule has 0 radical (unpaired) electrons. The maximum Gasteiger partial charge on any atom is 0.412 e. The molecule has 0 saturated heterocycles. The predicted molar refractivity (Wildman–Crippen MR) is 72.3 cm³/mol. The molecule has 7 heteroatoms. The molecule has 20 heavy (non-hydrogen) atoms. The zero-order valence-electron chi connectivity index (χ0n) is 11.3. The summed E-state index contributed by atoms with van der Waals surface area (Å²) in [5, 5.41) is 11.9. The fourth-order valence-electron chi connectivity index (χ4n) is 1.44. The number of hydrogen-bond donors (Lipinski definition) is 2. The standard InChI is InChI=1S/C13H16ClF2NO3/c1-13(2,3)20-12(19)17-9-5-4-7(14)6-8(9)10(18)11(15)16/h4-6,10-11,18H,1-3H3,(H,17,19). The Morgan fingerprint density at radius 2 is 2.00 bits per heavy atom. The highest BCUT2D eigenvalue weighted by molar-refractivity contribution is 6.30. The quantitative estimate of drug-likeness (QED) is 0.888. The molecule has 1 aromatic rings. The van der Waals surface area contributed by atoms with Crippen LogP contribution in [0, 0.1) is 0 Å². The first-order valence-corrected chi connectivity index (χ1v) is 6.23. The Balaban J connectivity index is 2.98. The number of aliphatic hydroxyl groups excluding tert-OH is 1. The normalized spacial score (nSPS) is 13.2. The SMILES string of the molecule is CC(C)(C)OC(=O)Nc1ccc(Cl)cc1C(O)C(F)F. The number of alkyl halides is 2. The predicted octanol–water partition coefficient (Wildman–Crippen LogP) is 3.99. The monoisotopic (exact) mass is 307 g/mol. The first-order chi connectivity index (χ1) is 9.10. The van der Waals surface area contributed by atoms with E-state index in [1.807, 2.05) is 0 Å². The number of amides is 1. The summed E-state index contributed by atoms with van der Waals surface area (Å²) in [6, 6.07) is 3.91. The Bertz CT molecular complexity index is 489. The van der Waals surface area contributed by atoms with E-state index in [1.54, 1.807) is 20.8 Å². The van der Waals surface area contributed by atoms with E-state index < -0.39 is 24.2 Å². The van der Waals surface area contributed by atoms with Gasteiger partial charge in [-0.3, -0.25) is 5.32 Å². The zero-order valence-corrected chi connectivity index (χ0v) is 12.0. The van der Waals surface area contributed by atoms with Crippen LogP contribution in [0.1, 0.15) is 32.4 Å². The third-order valence-corrected chi connectivity index (χ3v) is 2.44. The van der Waals surface area contributed by atoms with Gasteiger partial charge in [-0.1, -0.05) is 11.6 Å². The molecule has 0 aliphatic heterocycles. The molecular weight excluding hydrogens is 292 g/mol. The molecule has 0 heterocycles. The van der Waals surface area contributed by atoms with Crippen molar-refractivity contribution in [3.63, 3.8) is 0 Å². The van der Waals surface area contributed by atoms with Crippen LogP contribution >= 0.6 is 11.6 Å². The van der Waals surface area contributed by atoms with Gasteiger partial charge in [-0.25, -0.2) is 13.6 Å². The molecular formula is C13H16ClF2NO3. The number of carbonyl (C=O) groups is 1. The first kappa shape index (κ1) is 16.7. The lowest BCUT2D eigenvalue weighted by Crippen LogP contribution is -2.27. The van der Waals surface area contributed by atoms with Crippen molar-refractivity contribution in [1.29, 1.82) is 0 Å². The van der Waals surface area contributed by atoms with Gasteiger partial charge in [-0.05, 0) is 39.0 Å². The van der Waals surface area contributed by atoms with E-state index in [0.29, 0.717) is 0 Å². The Labute approximate surface area is 120 Å². The summed E-state index contributed by atoms with van der Waals surface area (Å²) in [5.41, 5.74) is -0.868. The number of aliphatic hydroxyl groups is 1. The summed E-state index contributed by atoms with van der Waals surface area (Å²) < 4.78 is 30.2. The summed E-state index contributed by atoms with van der Waals surface area (Å²) in [6.45, 7) is 5.01. The smallest absolute Gasteiger partial charge is 0.412 e. The number of benzene rings is 1. The van der Waals surface area contributed by atoms with Crippen molar-refractivity contribution in [2.75, 3.05) is 5.32 Å². The molecule has 0 fully saturated rings. The van der Waals surface area contributed by atoms with Crippen LogP contribution in [0.25, 0.3) is 0 Å². The van der Waals surface area contributed by atoms with Crippen LogP contribution in [0.4, 0.5) is 19.3 Å². The van der Waals surface area contributed by atoms with Crippen LogP contribution in [0.5, 0.6) is 0 Å². The fraction of sp³-hybridized carbons (Fsp3) is 0.462. The number of anilines is 1. The Morgan fingerprint density at radius 1 is 1.40 bits per heavy atom. The van der Waals surface area contributed by atoms with Crippen molar-refractivity contribution < 1.29 is 23.4 Å². The second-order valence-corrected chi connectivity index (χ2v) is 5.57. The molecule has 112 valence electrons. The molecule has 4 nitrogen and oxygen atoms in total. The van der Waals surface area contributed by atoms with Crippen molar-refractivity contribution in [1.82, 2.24) is 0 Å². The Hall–Kier alpha value is -1.40. The van der Waals surface area contributed by atoms with Gasteiger partial charge in [0.25, 0.3) is 6.43 Å². The maximum absolute atomic E-state index is 12.6. The number of hydrogen-bond acceptors (Lipinski definition) is 3. The van der Waals surface area contributed by atoms with E-state index in [-0.39, 0.29) is 16.3 Å². The van der Waals surface area contributed by atoms with Crippen molar-refractivity contribution >= 4 is 23.4 Å². The second kappa shape index (κ2) is 6.37. The number of carbonyl (C=O) groups excluding carboxylic acids is 1. The molecule has 1 unspecified atom stereocenters. The zero-order chi connectivity index (χ0) is 15.5. The number of rotatable bonds is 3. The van der Waals surface area contributed by atoms with Crippen molar-refractivity contribution in [2.24, 2.45) is 0 Å². The van der Waals surface area contributed by atoms with Crippen LogP contribution < -0.4 is 5.32 Å². The van der Waals surface area contributed by atoms with Gasteiger partial charge in [0.1, 0.15) is 11.7 Å². The molecule has 0 aliphatic rings. The van der Waals surface area contributed by atoms with Crippen LogP contribution in [0.3, 0.4) is 0 Å². The van der Waals surface area contributed by atoms with E-state index in [0.717, 1.165) is 0 Å². The minimum Gasteiger partial charge on any atom is -0.444 e. The van der Waals surface area contributed by atoms with Crippen molar-refractivity contribution in [2.45, 2.75) is 38.9 Å². The molecule has 0 spiro atoms. The summed E-state index contributed by atoms with van der Waals surface area (Å²) in [6.07, 6.45) is -5.84. The van der Waals surface area contributed by atoms with Gasteiger partial charge in [0.2, 0.25) is 0 Å². The van der Waals surface area contributed by atoms with Gasteiger partial charge in [0.15, 0.2) is 0 Å². The highest BCUT2D eigenvalue weighted by atomic mass is 35.5. The third kappa shape index (κ3) is 4.94. The van der Waals surface area contributed by atoms with Crippen LogP contribution in [-0.4, -0.2) is 23.2 Å². The van der Waals surface area contributed by atoms with Crippen molar-refractivity contribution in [3.05, 3.63) is 28.8 Å². The summed E-state index contributed by atoms with van der Waals surface area (Å²) in [7, 11) is 0. The largest absolute Gasteiger partial charge is 0.444 e. The number of halogens is 3. The molecule has 0 aromatic heterocycles. The van der Waals surface area contributed by atoms with Gasteiger partial charge in [0.05, 0.1) is 5.69 Å². The Kier molecular flexibility index (Phi) is 5.30. The number of ether oxygens (including phenoxy) is 1. The summed E-state index contributed by atoms with van der Waals surface area (Å²) >= 11 is 5.71. The lowest BCUT2D eigenvalue weighted by Gasteiger charge is -2.21. The molecule has 1 rings (SSSR count). The van der Waals surface area contributed by atoms with Crippen LogP contribution in [-0.2, 0) is 4.74 Å². The molecule has 1 amide bonds. The molecule has 0 bridgehead atoms. The topological polar surface area (TPSA) is 58.6 Å². The average molecular weight is 308 g/mol. The highest BCUT2D eigenvalue weighted by Crippen LogP contribution is 2.30. The average Bonchev–Trinajstić information content (AvgIpc) is 2.27. The van der Waals surface area contributed by atoms with E-state index in [2.05, 4.69) is 5.32 Å². The lowest BCUT2D eigenvalue weighted by atomic mass is 10.1. The molecule has 2 N–H and O–H groups in total. The van der Waals surface area contributed by atoms with E-state index in [1.165, 1.54) is 18.2 Å². The van der Waals surface area contributed by atoms with Crippen molar-refractivity contribution in [3.8, 4) is 0 Å². The Morgan fingerprint density at radius 3 is 2.50 bits per heavy atom. The molecule has 0 aliphatic carbocycles. The fourth-order valence-corrected chi connectivity index (χ4v) is 1.62.